The highest BCUT2D eigenvalue weighted by molar-refractivity contribution is 7.90. The normalized spacial score (nSPS) is 16.5. The molecule has 11 heteroatoms. The van der Waals surface area contributed by atoms with Crippen molar-refractivity contribution in [2.45, 2.75) is 22.8 Å². The summed E-state index contributed by atoms with van der Waals surface area (Å²) in [5.41, 5.74) is 0.425. The Bertz CT molecular complexity index is 1120. The van der Waals surface area contributed by atoms with E-state index in [1.165, 1.54) is 52.8 Å². The molecule has 0 aliphatic carbocycles. The summed E-state index contributed by atoms with van der Waals surface area (Å²) >= 11 is 0. The zero-order valence-electron chi connectivity index (χ0n) is 17.1. The zero-order valence-corrected chi connectivity index (χ0v) is 18.8. The fourth-order valence-electron chi connectivity index (χ4n) is 2.91. The van der Waals surface area contributed by atoms with Crippen molar-refractivity contribution < 1.29 is 31.1 Å². The second-order valence-electron chi connectivity index (χ2n) is 7.03. The van der Waals surface area contributed by atoms with Gasteiger partial charge in [-0.1, -0.05) is 0 Å². The standard InChI is InChI=1S/C20H24N2O7S2/c1-15(29-17-5-9-18(10-6-17)30(2,24)25)20(23)21-16-3-7-19(8-4-16)31(26,27)22-11-13-28-14-12-22/h3-10,15H,11-14H2,1-2H3,(H,21,23). The van der Waals surface area contributed by atoms with Gasteiger partial charge in [0.2, 0.25) is 10.0 Å². The molecule has 0 saturated carbocycles. The fraction of sp³-hybridized carbons (Fsp3) is 0.350. The van der Waals surface area contributed by atoms with Crippen molar-refractivity contribution in [2.75, 3.05) is 37.9 Å². The first-order chi connectivity index (χ1) is 14.6. The third-order valence-electron chi connectivity index (χ3n) is 4.66. The lowest BCUT2D eigenvalue weighted by Crippen LogP contribution is -2.40. The summed E-state index contributed by atoms with van der Waals surface area (Å²) in [7, 11) is -6.92. The molecule has 1 fully saturated rings. The number of amides is 1. The maximum Gasteiger partial charge on any atom is 0.265 e. The van der Waals surface area contributed by atoms with Crippen LogP contribution in [0, 0.1) is 0 Å². The molecule has 0 spiro atoms. The molecule has 1 atom stereocenters. The predicted octanol–water partition coefficient (Wildman–Crippen LogP) is 1.52. The number of rotatable bonds is 7. The molecule has 1 saturated heterocycles. The minimum Gasteiger partial charge on any atom is -0.481 e. The molecule has 1 unspecified atom stereocenters. The van der Waals surface area contributed by atoms with Crippen molar-refractivity contribution in [2.24, 2.45) is 0 Å². The quantitative estimate of drug-likeness (QED) is 0.654. The summed E-state index contributed by atoms with van der Waals surface area (Å²) in [6.45, 7) is 2.89. The third-order valence-corrected chi connectivity index (χ3v) is 7.70. The van der Waals surface area contributed by atoms with Gasteiger partial charge in [-0.3, -0.25) is 4.79 Å². The minimum absolute atomic E-state index is 0.141. The van der Waals surface area contributed by atoms with E-state index in [9.17, 15) is 21.6 Å². The molecule has 2 aromatic carbocycles. The summed E-state index contributed by atoms with van der Waals surface area (Å²) in [6, 6.07) is 11.7. The van der Waals surface area contributed by atoms with Crippen LogP contribution in [0.3, 0.4) is 0 Å². The maximum absolute atomic E-state index is 12.6. The van der Waals surface area contributed by atoms with E-state index >= 15 is 0 Å². The first kappa shape index (κ1) is 23.2. The summed E-state index contributed by atoms with van der Waals surface area (Å²) in [5, 5.41) is 2.67. The van der Waals surface area contributed by atoms with E-state index < -0.39 is 31.9 Å². The van der Waals surface area contributed by atoms with Crippen molar-refractivity contribution in [1.82, 2.24) is 4.31 Å². The molecule has 1 heterocycles. The van der Waals surface area contributed by atoms with E-state index in [2.05, 4.69) is 5.32 Å². The number of morpholine rings is 1. The van der Waals surface area contributed by atoms with Gasteiger partial charge in [-0.05, 0) is 55.5 Å². The lowest BCUT2D eigenvalue weighted by molar-refractivity contribution is -0.122. The van der Waals surface area contributed by atoms with E-state index in [0.717, 1.165) is 6.26 Å². The van der Waals surface area contributed by atoms with E-state index in [1.807, 2.05) is 0 Å². The van der Waals surface area contributed by atoms with Crippen LogP contribution in [0.1, 0.15) is 6.92 Å². The molecule has 1 aliphatic rings. The second kappa shape index (κ2) is 9.35. The van der Waals surface area contributed by atoms with Crippen LogP contribution in [0.2, 0.25) is 0 Å². The SMILES string of the molecule is CC(Oc1ccc(S(C)(=O)=O)cc1)C(=O)Nc1ccc(S(=O)(=O)N2CCOCC2)cc1. The largest absolute Gasteiger partial charge is 0.481 e. The Hall–Kier alpha value is -2.47. The van der Waals surface area contributed by atoms with E-state index in [1.54, 1.807) is 6.92 Å². The molecular formula is C20H24N2O7S2. The number of hydrogen-bond acceptors (Lipinski definition) is 7. The van der Waals surface area contributed by atoms with Crippen LogP contribution in [-0.2, 0) is 29.4 Å². The number of sulfone groups is 1. The van der Waals surface area contributed by atoms with Gasteiger partial charge < -0.3 is 14.8 Å². The van der Waals surface area contributed by atoms with Crippen LogP contribution in [0.25, 0.3) is 0 Å². The van der Waals surface area contributed by atoms with Gasteiger partial charge >= 0.3 is 0 Å². The van der Waals surface area contributed by atoms with Crippen molar-refractivity contribution in [3.8, 4) is 5.75 Å². The lowest BCUT2D eigenvalue weighted by atomic mass is 10.3. The smallest absolute Gasteiger partial charge is 0.265 e. The Morgan fingerprint density at radius 2 is 1.52 bits per heavy atom. The van der Waals surface area contributed by atoms with Crippen LogP contribution in [0.5, 0.6) is 5.75 Å². The Kier molecular flexibility index (Phi) is 6.99. The molecule has 1 amide bonds. The number of sulfonamides is 1. The molecule has 1 N–H and O–H groups in total. The van der Waals surface area contributed by atoms with Crippen LogP contribution < -0.4 is 10.1 Å². The summed E-state index contributed by atoms with van der Waals surface area (Å²) in [4.78, 5) is 12.7. The Morgan fingerprint density at radius 3 is 2.06 bits per heavy atom. The van der Waals surface area contributed by atoms with Crippen LogP contribution in [-0.4, -0.2) is 65.7 Å². The highest BCUT2D eigenvalue weighted by atomic mass is 32.2. The number of carbonyl (C=O) groups excluding carboxylic acids is 1. The summed E-state index contributed by atoms with van der Waals surface area (Å²) < 4.78 is 60.4. The molecule has 3 rings (SSSR count). The second-order valence-corrected chi connectivity index (χ2v) is 11.0. The number of ether oxygens (including phenoxy) is 2. The Balaban J connectivity index is 1.61. The molecule has 0 aromatic heterocycles. The molecular weight excluding hydrogens is 444 g/mol. The Morgan fingerprint density at radius 1 is 0.968 bits per heavy atom. The predicted molar refractivity (Wildman–Crippen MR) is 114 cm³/mol. The third kappa shape index (κ3) is 5.82. The van der Waals surface area contributed by atoms with Crippen LogP contribution in [0.15, 0.2) is 58.3 Å². The molecule has 168 valence electrons. The first-order valence-electron chi connectivity index (χ1n) is 9.53. The van der Waals surface area contributed by atoms with Gasteiger partial charge in [0.25, 0.3) is 5.91 Å². The number of hydrogen-bond donors (Lipinski definition) is 1. The maximum atomic E-state index is 12.6. The summed E-state index contributed by atoms with van der Waals surface area (Å²) in [6.07, 6.45) is 0.247. The van der Waals surface area contributed by atoms with Crippen molar-refractivity contribution in [3.05, 3.63) is 48.5 Å². The molecule has 31 heavy (non-hydrogen) atoms. The fourth-order valence-corrected chi connectivity index (χ4v) is 4.95. The number of nitrogens with zero attached hydrogens (tertiary/aromatic N) is 1. The van der Waals surface area contributed by atoms with Gasteiger partial charge in [0.05, 0.1) is 23.0 Å². The van der Waals surface area contributed by atoms with Crippen LogP contribution >= 0.6 is 0 Å². The Labute approximate surface area is 181 Å². The number of benzene rings is 2. The van der Waals surface area contributed by atoms with E-state index in [-0.39, 0.29) is 9.79 Å². The lowest BCUT2D eigenvalue weighted by Gasteiger charge is -2.26. The van der Waals surface area contributed by atoms with Crippen LogP contribution in [0.4, 0.5) is 5.69 Å². The van der Waals surface area contributed by atoms with Gasteiger partial charge in [0.1, 0.15) is 5.75 Å². The van der Waals surface area contributed by atoms with Gasteiger partial charge in [0, 0.05) is 25.0 Å². The highest BCUT2D eigenvalue weighted by Crippen LogP contribution is 2.20. The molecule has 9 nitrogen and oxygen atoms in total. The van der Waals surface area contributed by atoms with Crippen molar-refractivity contribution >= 4 is 31.5 Å². The van der Waals surface area contributed by atoms with Crippen molar-refractivity contribution in [1.29, 1.82) is 0 Å². The summed E-state index contributed by atoms with van der Waals surface area (Å²) in [5.74, 6) is -0.0852. The number of nitrogens with one attached hydrogen (secondary N) is 1. The highest BCUT2D eigenvalue weighted by Gasteiger charge is 2.26. The van der Waals surface area contributed by atoms with Gasteiger partial charge in [-0.15, -0.1) is 0 Å². The van der Waals surface area contributed by atoms with E-state index in [0.29, 0.717) is 37.7 Å². The zero-order chi connectivity index (χ0) is 22.6. The molecule has 0 bridgehead atoms. The number of anilines is 1. The van der Waals surface area contributed by atoms with Crippen molar-refractivity contribution in [3.63, 3.8) is 0 Å². The van der Waals surface area contributed by atoms with E-state index in [4.69, 9.17) is 9.47 Å². The molecule has 1 aliphatic heterocycles. The average molecular weight is 469 g/mol. The number of carbonyl (C=O) groups is 1. The average Bonchev–Trinajstić information content (AvgIpc) is 2.74. The topological polar surface area (TPSA) is 119 Å². The first-order valence-corrected chi connectivity index (χ1v) is 12.9. The molecule has 2 aromatic rings. The van der Waals surface area contributed by atoms with Gasteiger partial charge in [-0.2, -0.15) is 4.31 Å². The van der Waals surface area contributed by atoms with Gasteiger partial charge in [-0.25, -0.2) is 16.8 Å². The monoisotopic (exact) mass is 468 g/mol. The van der Waals surface area contributed by atoms with Gasteiger partial charge in [0.15, 0.2) is 15.9 Å². The minimum atomic E-state index is -3.61. The molecule has 0 radical (unpaired) electrons.